The monoisotopic (exact) mass is 372 g/mol. The molecule has 1 N–H and O–H groups in total. The molecule has 0 fully saturated rings. The first-order valence-electron chi connectivity index (χ1n) is 7.54. The van der Waals surface area contributed by atoms with Gasteiger partial charge in [0.1, 0.15) is 5.56 Å². The molecule has 126 valence electrons. The second-order valence-corrected chi connectivity index (χ2v) is 6.25. The van der Waals surface area contributed by atoms with E-state index in [1.165, 1.54) is 10.6 Å². The molecule has 1 heterocycles. The highest BCUT2D eigenvalue weighted by molar-refractivity contribution is 6.35. The molecule has 2 aromatic carbocycles. The minimum absolute atomic E-state index is 0.0661. The van der Waals surface area contributed by atoms with Crippen molar-refractivity contribution >= 4 is 34.8 Å². The number of carbonyl (C=O) groups is 1. The molecule has 6 heteroatoms. The third-order valence-corrected chi connectivity index (χ3v) is 4.24. The normalized spacial score (nSPS) is 10.5. The minimum atomic E-state index is -0.451. The second kappa shape index (κ2) is 7.55. The van der Waals surface area contributed by atoms with Gasteiger partial charge in [0.05, 0.1) is 6.54 Å². The molecule has 0 aliphatic carbocycles. The summed E-state index contributed by atoms with van der Waals surface area (Å²) in [5.74, 6) is -0.451. The van der Waals surface area contributed by atoms with Gasteiger partial charge in [-0.15, -0.1) is 0 Å². The Labute approximate surface area is 154 Å². The average Bonchev–Trinajstić information content (AvgIpc) is 2.59. The minimum Gasteiger partial charge on any atom is -0.322 e. The predicted molar refractivity (Wildman–Crippen MR) is 101 cm³/mol. The number of benzene rings is 2. The number of amides is 1. The smallest absolute Gasteiger partial charge is 0.263 e. The molecule has 3 aromatic rings. The molecule has 4 nitrogen and oxygen atoms in total. The molecule has 0 saturated carbocycles. The predicted octanol–water partition coefficient (Wildman–Crippen LogP) is 4.46. The Balaban J connectivity index is 1.87. The Hall–Kier alpha value is -2.56. The molecule has 0 bridgehead atoms. The standard InChI is InChI=1S/C19H14Cl2N2O2/c20-14-9-8-13(17(21)11-14)12-23-10-4-7-16(19(23)25)18(24)22-15-5-2-1-3-6-15/h1-11H,12H2,(H,22,24). The zero-order valence-corrected chi connectivity index (χ0v) is 14.6. The first-order chi connectivity index (χ1) is 12.0. The fraction of sp³-hybridized carbons (Fsp3) is 0.0526. The molecule has 0 saturated heterocycles. The Morgan fingerprint density at radius 1 is 1.00 bits per heavy atom. The largest absolute Gasteiger partial charge is 0.322 e. The summed E-state index contributed by atoms with van der Waals surface area (Å²) in [4.78, 5) is 25.0. The first-order valence-corrected chi connectivity index (χ1v) is 8.30. The van der Waals surface area contributed by atoms with Crippen molar-refractivity contribution in [3.8, 4) is 0 Å². The van der Waals surface area contributed by atoms with Gasteiger partial charge in [0.25, 0.3) is 11.5 Å². The van der Waals surface area contributed by atoms with Gasteiger partial charge in [-0.3, -0.25) is 9.59 Å². The zero-order valence-electron chi connectivity index (χ0n) is 13.1. The number of carbonyl (C=O) groups excluding carboxylic acids is 1. The third kappa shape index (κ3) is 4.10. The number of rotatable bonds is 4. The van der Waals surface area contributed by atoms with Crippen molar-refractivity contribution in [3.05, 3.63) is 98.4 Å². The number of para-hydroxylation sites is 1. The Bertz CT molecular complexity index is 969. The Morgan fingerprint density at radius 2 is 1.76 bits per heavy atom. The van der Waals surface area contributed by atoms with Gasteiger partial charge in [0, 0.05) is 21.9 Å². The van der Waals surface area contributed by atoms with Crippen molar-refractivity contribution in [2.45, 2.75) is 6.54 Å². The van der Waals surface area contributed by atoms with Crippen molar-refractivity contribution in [3.63, 3.8) is 0 Å². The number of halogens is 2. The molecule has 3 rings (SSSR count). The number of nitrogens with zero attached hydrogens (tertiary/aromatic N) is 1. The van der Waals surface area contributed by atoms with Crippen LogP contribution in [0.15, 0.2) is 71.7 Å². The van der Waals surface area contributed by atoms with Crippen LogP contribution in [0.4, 0.5) is 5.69 Å². The van der Waals surface area contributed by atoms with Gasteiger partial charge in [-0.25, -0.2) is 0 Å². The van der Waals surface area contributed by atoms with Crippen molar-refractivity contribution in [1.82, 2.24) is 4.57 Å². The van der Waals surface area contributed by atoms with E-state index in [1.54, 1.807) is 54.7 Å². The number of pyridine rings is 1. The van der Waals surface area contributed by atoms with Crippen molar-refractivity contribution in [2.24, 2.45) is 0 Å². The van der Waals surface area contributed by atoms with Crippen LogP contribution in [-0.4, -0.2) is 10.5 Å². The van der Waals surface area contributed by atoms with Gasteiger partial charge in [-0.05, 0) is 42.0 Å². The van der Waals surface area contributed by atoms with E-state index in [-0.39, 0.29) is 17.7 Å². The lowest BCUT2D eigenvalue weighted by Gasteiger charge is -2.10. The maximum Gasteiger partial charge on any atom is 0.263 e. The van der Waals surface area contributed by atoms with Crippen molar-refractivity contribution in [2.75, 3.05) is 5.32 Å². The summed E-state index contributed by atoms with van der Waals surface area (Å²) in [5, 5.41) is 3.71. The summed E-state index contributed by atoms with van der Waals surface area (Å²) >= 11 is 12.1. The number of hydrogen-bond acceptors (Lipinski definition) is 2. The number of aromatic nitrogens is 1. The summed E-state index contributed by atoms with van der Waals surface area (Å²) in [6, 6.07) is 17.2. The van der Waals surface area contributed by atoms with Gasteiger partial charge < -0.3 is 9.88 Å². The Morgan fingerprint density at radius 3 is 2.48 bits per heavy atom. The fourth-order valence-electron chi connectivity index (χ4n) is 2.39. The summed E-state index contributed by atoms with van der Waals surface area (Å²) in [6.07, 6.45) is 1.62. The number of nitrogens with one attached hydrogen (secondary N) is 1. The number of hydrogen-bond donors (Lipinski definition) is 1. The van der Waals surface area contributed by atoms with Gasteiger partial charge in [-0.2, -0.15) is 0 Å². The van der Waals surface area contributed by atoms with E-state index in [4.69, 9.17) is 23.2 Å². The van der Waals surface area contributed by atoms with Crippen LogP contribution in [-0.2, 0) is 6.54 Å². The second-order valence-electron chi connectivity index (χ2n) is 5.41. The number of anilines is 1. The Kier molecular flexibility index (Phi) is 5.22. The summed E-state index contributed by atoms with van der Waals surface area (Å²) in [7, 11) is 0. The molecule has 0 unspecified atom stereocenters. The molecule has 1 aromatic heterocycles. The summed E-state index contributed by atoms with van der Waals surface area (Å²) in [6.45, 7) is 0.251. The van der Waals surface area contributed by atoms with E-state index in [1.807, 2.05) is 6.07 Å². The van der Waals surface area contributed by atoms with E-state index in [0.717, 1.165) is 5.56 Å². The molecule has 0 aliphatic rings. The molecule has 0 atom stereocenters. The fourth-order valence-corrected chi connectivity index (χ4v) is 2.86. The quantitative estimate of drug-likeness (QED) is 0.734. The molecular formula is C19H14Cl2N2O2. The maximum absolute atomic E-state index is 12.6. The molecule has 0 aliphatic heterocycles. The summed E-state index contributed by atoms with van der Waals surface area (Å²) in [5.41, 5.74) is 1.05. The van der Waals surface area contributed by atoms with Crippen molar-refractivity contribution in [1.29, 1.82) is 0 Å². The van der Waals surface area contributed by atoms with Crippen LogP contribution >= 0.6 is 23.2 Å². The molecule has 0 spiro atoms. The van der Waals surface area contributed by atoms with Crippen LogP contribution in [0.2, 0.25) is 10.0 Å². The topological polar surface area (TPSA) is 51.1 Å². The van der Waals surface area contributed by atoms with Gasteiger partial charge in [0.2, 0.25) is 0 Å². The highest BCUT2D eigenvalue weighted by atomic mass is 35.5. The van der Waals surface area contributed by atoms with Crippen LogP contribution in [0.5, 0.6) is 0 Å². The highest BCUT2D eigenvalue weighted by Gasteiger charge is 2.13. The first kappa shape index (κ1) is 17.3. The van der Waals surface area contributed by atoms with Crippen LogP contribution < -0.4 is 10.9 Å². The van der Waals surface area contributed by atoms with Gasteiger partial charge >= 0.3 is 0 Å². The zero-order chi connectivity index (χ0) is 17.8. The van der Waals surface area contributed by atoms with Crippen LogP contribution in [0.3, 0.4) is 0 Å². The molecule has 1 amide bonds. The lowest BCUT2D eigenvalue weighted by Crippen LogP contribution is -2.29. The highest BCUT2D eigenvalue weighted by Crippen LogP contribution is 2.21. The lowest BCUT2D eigenvalue weighted by atomic mass is 10.2. The average molecular weight is 373 g/mol. The van der Waals surface area contributed by atoms with Crippen LogP contribution in [0, 0.1) is 0 Å². The summed E-state index contributed by atoms with van der Waals surface area (Å²) < 4.78 is 1.44. The van der Waals surface area contributed by atoms with E-state index in [2.05, 4.69) is 5.32 Å². The van der Waals surface area contributed by atoms with E-state index < -0.39 is 5.91 Å². The van der Waals surface area contributed by atoms with Crippen LogP contribution in [0.25, 0.3) is 0 Å². The van der Waals surface area contributed by atoms with Crippen molar-refractivity contribution < 1.29 is 4.79 Å². The van der Waals surface area contributed by atoms with Crippen LogP contribution in [0.1, 0.15) is 15.9 Å². The van der Waals surface area contributed by atoms with E-state index in [0.29, 0.717) is 15.7 Å². The van der Waals surface area contributed by atoms with Gasteiger partial charge in [-0.1, -0.05) is 47.5 Å². The van der Waals surface area contributed by atoms with Gasteiger partial charge in [0.15, 0.2) is 0 Å². The lowest BCUT2D eigenvalue weighted by molar-refractivity contribution is 0.102. The van der Waals surface area contributed by atoms with E-state index in [9.17, 15) is 9.59 Å². The molecule has 25 heavy (non-hydrogen) atoms. The third-order valence-electron chi connectivity index (χ3n) is 3.65. The SMILES string of the molecule is O=C(Nc1ccccc1)c1cccn(Cc2ccc(Cl)cc2Cl)c1=O. The van der Waals surface area contributed by atoms with E-state index >= 15 is 0 Å². The molecular weight excluding hydrogens is 359 g/mol. The maximum atomic E-state index is 12.6. The molecule has 0 radical (unpaired) electrons.